The first-order valence-corrected chi connectivity index (χ1v) is 5.74. The molecule has 0 unspecified atom stereocenters. The van der Waals surface area contributed by atoms with Crippen LogP contribution in [0.25, 0.3) is 0 Å². The van der Waals surface area contributed by atoms with Crippen molar-refractivity contribution in [2.75, 3.05) is 5.32 Å². The van der Waals surface area contributed by atoms with Crippen LogP contribution in [-0.2, 0) is 13.1 Å². The van der Waals surface area contributed by atoms with Gasteiger partial charge in [-0.25, -0.2) is 0 Å². The molecule has 2 rings (SSSR count). The van der Waals surface area contributed by atoms with E-state index in [-0.39, 0.29) is 0 Å². The van der Waals surface area contributed by atoms with Gasteiger partial charge in [0.2, 0.25) is 0 Å². The summed E-state index contributed by atoms with van der Waals surface area (Å²) in [6.07, 6.45) is 4.93. The van der Waals surface area contributed by atoms with Gasteiger partial charge in [0.05, 0.1) is 24.1 Å². The second kappa shape index (κ2) is 4.88. The zero-order chi connectivity index (χ0) is 10.5. The van der Waals surface area contributed by atoms with Gasteiger partial charge in [-0.1, -0.05) is 11.4 Å². The molecule has 1 N–H and O–H groups in total. The summed E-state index contributed by atoms with van der Waals surface area (Å²) in [7, 11) is 0. The van der Waals surface area contributed by atoms with E-state index in [9.17, 15) is 0 Å². The molecule has 2 heterocycles. The lowest BCUT2D eigenvalue weighted by Gasteiger charge is -1.99. The molecule has 0 aromatic carbocycles. The highest BCUT2D eigenvalue weighted by molar-refractivity contribution is 7.03. The number of aromatic nitrogens is 4. The third-order valence-electron chi connectivity index (χ3n) is 1.96. The van der Waals surface area contributed by atoms with Crippen LogP contribution in [0.3, 0.4) is 0 Å². The summed E-state index contributed by atoms with van der Waals surface area (Å²) in [5.41, 5.74) is 1.99. The fraction of sp³-hybridized carbons (Fsp3) is 0.444. The fourth-order valence-corrected chi connectivity index (χ4v) is 1.71. The molecule has 0 aliphatic rings. The van der Waals surface area contributed by atoms with Crippen LogP contribution in [0, 0.1) is 0 Å². The van der Waals surface area contributed by atoms with Gasteiger partial charge in [0.15, 0.2) is 0 Å². The predicted octanol–water partition coefficient (Wildman–Crippen LogP) is 1.76. The molecule has 80 valence electrons. The lowest BCUT2D eigenvalue weighted by Crippen LogP contribution is -1.99. The van der Waals surface area contributed by atoms with Crippen LogP contribution in [-0.4, -0.2) is 19.4 Å². The van der Waals surface area contributed by atoms with Crippen molar-refractivity contribution >= 4 is 17.2 Å². The van der Waals surface area contributed by atoms with E-state index in [4.69, 9.17) is 0 Å². The van der Waals surface area contributed by atoms with Gasteiger partial charge in [-0.15, -0.1) is 5.10 Å². The van der Waals surface area contributed by atoms with Gasteiger partial charge < -0.3 is 5.32 Å². The van der Waals surface area contributed by atoms with Gasteiger partial charge in [0.25, 0.3) is 0 Å². The van der Waals surface area contributed by atoms with Gasteiger partial charge in [0.1, 0.15) is 0 Å². The minimum atomic E-state index is 0.703. The Morgan fingerprint density at radius 3 is 3.20 bits per heavy atom. The molecule has 0 atom stereocenters. The minimum Gasteiger partial charge on any atom is -0.377 e. The molecule has 6 heteroatoms. The molecule has 15 heavy (non-hydrogen) atoms. The van der Waals surface area contributed by atoms with Gasteiger partial charge in [-0.2, -0.15) is 5.10 Å². The summed E-state index contributed by atoms with van der Waals surface area (Å²) in [6.45, 7) is 3.80. The van der Waals surface area contributed by atoms with Crippen LogP contribution in [0.15, 0.2) is 17.8 Å². The summed E-state index contributed by atoms with van der Waals surface area (Å²) in [4.78, 5) is 0. The molecule has 0 amide bonds. The summed E-state index contributed by atoms with van der Waals surface area (Å²) in [6, 6.07) is 0. The third-order valence-corrected chi connectivity index (χ3v) is 2.52. The van der Waals surface area contributed by atoms with Crippen molar-refractivity contribution in [1.29, 1.82) is 0 Å². The van der Waals surface area contributed by atoms with Gasteiger partial charge in [-0.3, -0.25) is 4.68 Å². The SMILES string of the molecule is CCCn1cc(NCc2csnn2)cn1. The van der Waals surface area contributed by atoms with Crippen LogP contribution >= 0.6 is 11.5 Å². The molecule has 2 aromatic rings. The average Bonchev–Trinajstić information content (AvgIpc) is 2.85. The summed E-state index contributed by atoms with van der Waals surface area (Å²) in [5.74, 6) is 0. The Morgan fingerprint density at radius 1 is 1.53 bits per heavy atom. The van der Waals surface area contributed by atoms with E-state index in [2.05, 4.69) is 26.9 Å². The van der Waals surface area contributed by atoms with Crippen LogP contribution in [0.1, 0.15) is 19.0 Å². The molecule has 0 saturated heterocycles. The molecule has 0 aliphatic carbocycles. The van der Waals surface area contributed by atoms with E-state index in [1.807, 2.05) is 22.5 Å². The smallest absolute Gasteiger partial charge is 0.0946 e. The fourth-order valence-electron chi connectivity index (χ4n) is 1.26. The second-order valence-corrected chi connectivity index (χ2v) is 3.85. The molecule has 0 fully saturated rings. The van der Waals surface area contributed by atoms with Crippen molar-refractivity contribution in [1.82, 2.24) is 19.4 Å². The van der Waals surface area contributed by atoms with Crippen LogP contribution in [0.5, 0.6) is 0 Å². The molecule has 0 spiro atoms. The lowest BCUT2D eigenvalue weighted by molar-refractivity contribution is 0.603. The maximum atomic E-state index is 4.23. The highest BCUT2D eigenvalue weighted by Crippen LogP contribution is 2.07. The zero-order valence-corrected chi connectivity index (χ0v) is 9.37. The molecule has 0 radical (unpaired) electrons. The third kappa shape index (κ3) is 2.76. The van der Waals surface area contributed by atoms with Crippen molar-refractivity contribution in [2.24, 2.45) is 0 Å². The molecule has 0 aliphatic heterocycles. The quantitative estimate of drug-likeness (QED) is 0.839. The Kier molecular flexibility index (Phi) is 3.29. The highest BCUT2D eigenvalue weighted by atomic mass is 32.1. The monoisotopic (exact) mass is 223 g/mol. The second-order valence-electron chi connectivity index (χ2n) is 3.24. The van der Waals surface area contributed by atoms with Gasteiger partial charge in [-0.05, 0) is 18.0 Å². The Bertz CT molecular complexity index is 394. The van der Waals surface area contributed by atoms with Crippen LogP contribution < -0.4 is 5.32 Å². The maximum absolute atomic E-state index is 4.23. The molecule has 0 bridgehead atoms. The number of aryl methyl sites for hydroxylation is 1. The molecule has 2 aromatic heterocycles. The van der Waals surface area contributed by atoms with Crippen molar-refractivity contribution < 1.29 is 0 Å². The van der Waals surface area contributed by atoms with E-state index in [0.717, 1.165) is 24.3 Å². The standard InChI is InChI=1S/C9H13N5S/c1-2-3-14-6-8(5-11-14)10-4-9-7-15-13-12-9/h5-7,10H,2-4H2,1H3. The maximum Gasteiger partial charge on any atom is 0.0946 e. The Hall–Kier alpha value is -1.43. The Labute approximate surface area is 92.3 Å². The summed E-state index contributed by atoms with van der Waals surface area (Å²) >= 11 is 1.37. The van der Waals surface area contributed by atoms with E-state index >= 15 is 0 Å². The van der Waals surface area contributed by atoms with E-state index < -0.39 is 0 Å². The number of hydrogen-bond acceptors (Lipinski definition) is 5. The normalized spacial score (nSPS) is 10.5. The van der Waals surface area contributed by atoms with E-state index in [1.165, 1.54) is 11.5 Å². The van der Waals surface area contributed by atoms with Gasteiger partial charge >= 0.3 is 0 Å². The van der Waals surface area contributed by atoms with Crippen molar-refractivity contribution in [3.05, 3.63) is 23.5 Å². The van der Waals surface area contributed by atoms with Crippen molar-refractivity contribution in [2.45, 2.75) is 26.4 Å². The number of rotatable bonds is 5. The topological polar surface area (TPSA) is 55.6 Å². The summed E-state index contributed by atoms with van der Waals surface area (Å²) < 4.78 is 5.73. The number of nitrogens with one attached hydrogen (secondary N) is 1. The highest BCUT2D eigenvalue weighted by Gasteiger charge is 1.99. The zero-order valence-electron chi connectivity index (χ0n) is 8.55. The van der Waals surface area contributed by atoms with Crippen LogP contribution in [0.2, 0.25) is 0 Å². The van der Waals surface area contributed by atoms with Crippen molar-refractivity contribution in [3.8, 4) is 0 Å². The lowest BCUT2D eigenvalue weighted by atomic mass is 10.4. The minimum absolute atomic E-state index is 0.703. The Balaban J connectivity index is 1.88. The molecular formula is C9H13N5S. The largest absolute Gasteiger partial charge is 0.377 e. The first-order chi connectivity index (χ1) is 7.38. The number of nitrogens with zero attached hydrogens (tertiary/aromatic N) is 4. The molecular weight excluding hydrogens is 210 g/mol. The predicted molar refractivity (Wildman–Crippen MR) is 59.8 cm³/mol. The first-order valence-electron chi connectivity index (χ1n) is 4.90. The summed E-state index contributed by atoms with van der Waals surface area (Å²) in [5, 5.41) is 13.4. The number of anilines is 1. The average molecular weight is 223 g/mol. The van der Waals surface area contributed by atoms with Crippen LogP contribution in [0.4, 0.5) is 5.69 Å². The number of hydrogen-bond donors (Lipinski definition) is 1. The Morgan fingerprint density at radius 2 is 2.47 bits per heavy atom. The van der Waals surface area contributed by atoms with E-state index in [1.54, 1.807) is 0 Å². The van der Waals surface area contributed by atoms with Crippen molar-refractivity contribution in [3.63, 3.8) is 0 Å². The first kappa shape index (κ1) is 10.1. The molecule has 0 saturated carbocycles. The van der Waals surface area contributed by atoms with Gasteiger partial charge in [0, 0.05) is 18.1 Å². The molecule has 5 nitrogen and oxygen atoms in total. The van der Waals surface area contributed by atoms with E-state index in [0.29, 0.717) is 6.54 Å².